The molecule has 1 saturated heterocycles. The molecule has 0 spiro atoms. The molecule has 1 atom stereocenters. The molecule has 17 heavy (non-hydrogen) atoms. The zero-order chi connectivity index (χ0) is 12.1. The summed E-state index contributed by atoms with van der Waals surface area (Å²) < 4.78 is 11.1. The lowest BCUT2D eigenvalue weighted by molar-refractivity contribution is 0.0662. The van der Waals surface area contributed by atoms with Gasteiger partial charge >= 0.3 is 0 Å². The number of hydrogen-bond acceptors (Lipinski definition) is 6. The Morgan fingerprint density at radius 2 is 2.47 bits per heavy atom. The highest BCUT2D eigenvalue weighted by atomic mass is 16.5. The van der Waals surface area contributed by atoms with Crippen LogP contribution in [0.15, 0.2) is 6.07 Å². The first kappa shape index (κ1) is 12.1. The highest BCUT2D eigenvalue weighted by Gasteiger charge is 2.16. The van der Waals surface area contributed by atoms with Crippen LogP contribution < -0.4 is 16.0 Å². The van der Waals surface area contributed by atoms with Crippen molar-refractivity contribution in [2.45, 2.75) is 32.3 Å². The molecule has 6 nitrogen and oxygen atoms in total. The van der Waals surface area contributed by atoms with Gasteiger partial charge in [-0.1, -0.05) is 6.92 Å². The van der Waals surface area contributed by atoms with Crippen LogP contribution in [-0.4, -0.2) is 29.3 Å². The van der Waals surface area contributed by atoms with Crippen LogP contribution >= 0.6 is 0 Å². The zero-order valence-electron chi connectivity index (χ0n) is 9.98. The summed E-state index contributed by atoms with van der Waals surface area (Å²) in [5, 5.41) is 0. The van der Waals surface area contributed by atoms with Gasteiger partial charge in [-0.15, -0.1) is 0 Å². The monoisotopic (exact) mass is 238 g/mol. The largest absolute Gasteiger partial charge is 0.475 e. The van der Waals surface area contributed by atoms with Crippen molar-refractivity contribution >= 4 is 5.82 Å². The number of hydrogen-bond donors (Lipinski definition) is 2. The standard InChI is InChI=1S/C11H18N4O2/c1-2-9-13-10(15-12)6-11(14-9)17-7-8-4-3-5-16-8/h6,8H,2-5,7,12H2,1H3,(H,13,14,15). The predicted molar refractivity (Wildman–Crippen MR) is 63.7 cm³/mol. The summed E-state index contributed by atoms with van der Waals surface area (Å²) in [6.07, 6.45) is 3.08. The van der Waals surface area contributed by atoms with E-state index in [9.17, 15) is 0 Å². The highest BCUT2D eigenvalue weighted by molar-refractivity contribution is 5.36. The molecule has 6 heteroatoms. The molecule has 0 aliphatic carbocycles. The second kappa shape index (κ2) is 5.79. The maximum absolute atomic E-state index is 5.60. The predicted octanol–water partition coefficient (Wildman–Crippen LogP) is 0.882. The minimum Gasteiger partial charge on any atom is -0.475 e. The van der Waals surface area contributed by atoms with Crippen LogP contribution in [0, 0.1) is 0 Å². The Balaban J connectivity index is 1.98. The minimum atomic E-state index is 0.185. The van der Waals surface area contributed by atoms with Gasteiger partial charge in [0.2, 0.25) is 5.88 Å². The van der Waals surface area contributed by atoms with Crippen molar-refractivity contribution in [1.82, 2.24) is 9.97 Å². The van der Waals surface area contributed by atoms with Crippen LogP contribution in [0.25, 0.3) is 0 Å². The number of hydrazine groups is 1. The lowest BCUT2D eigenvalue weighted by atomic mass is 10.2. The number of aryl methyl sites for hydroxylation is 1. The summed E-state index contributed by atoms with van der Waals surface area (Å²) in [5.41, 5.74) is 2.51. The Kier molecular flexibility index (Phi) is 4.11. The SMILES string of the molecule is CCc1nc(NN)cc(OCC2CCCO2)n1. The molecule has 1 aromatic heterocycles. The number of nitrogen functional groups attached to an aromatic ring is 1. The molecule has 1 aliphatic heterocycles. The van der Waals surface area contributed by atoms with E-state index >= 15 is 0 Å². The molecule has 2 heterocycles. The third kappa shape index (κ3) is 3.28. The van der Waals surface area contributed by atoms with Crippen molar-refractivity contribution < 1.29 is 9.47 Å². The average Bonchev–Trinajstić information content (AvgIpc) is 2.89. The van der Waals surface area contributed by atoms with Crippen LogP contribution in [0.3, 0.4) is 0 Å². The Bertz CT molecular complexity index is 344. The van der Waals surface area contributed by atoms with Crippen LogP contribution in [0.5, 0.6) is 5.88 Å². The summed E-state index contributed by atoms with van der Waals surface area (Å²) >= 11 is 0. The smallest absolute Gasteiger partial charge is 0.218 e. The van der Waals surface area contributed by atoms with Gasteiger partial charge in [0.15, 0.2) is 0 Å². The quantitative estimate of drug-likeness (QED) is 0.585. The average molecular weight is 238 g/mol. The fraction of sp³-hybridized carbons (Fsp3) is 0.636. The number of aromatic nitrogens is 2. The molecule has 94 valence electrons. The molecular formula is C11H18N4O2. The first-order valence-electron chi connectivity index (χ1n) is 5.90. The van der Waals surface area contributed by atoms with E-state index in [4.69, 9.17) is 15.3 Å². The topological polar surface area (TPSA) is 82.3 Å². The second-order valence-electron chi connectivity index (χ2n) is 3.95. The lowest BCUT2D eigenvalue weighted by Gasteiger charge is -2.12. The van der Waals surface area contributed by atoms with E-state index in [0.29, 0.717) is 24.1 Å². The molecular weight excluding hydrogens is 220 g/mol. The second-order valence-corrected chi connectivity index (χ2v) is 3.95. The summed E-state index contributed by atoms with van der Waals surface area (Å²) in [5.74, 6) is 7.16. The molecule has 1 fully saturated rings. The van der Waals surface area contributed by atoms with Gasteiger partial charge in [0.25, 0.3) is 0 Å². The fourth-order valence-corrected chi connectivity index (χ4v) is 1.73. The number of anilines is 1. The molecule has 1 unspecified atom stereocenters. The molecule has 0 bridgehead atoms. The van der Waals surface area contributed by atoms with Crippen molar-refractivity contribution in [1.29, 1.82) is 0 Å². The highest BCUT2D eigenvalue weighted by Crippen LogP contribution is 2.16. The van der Waals surface area contributed by atoms with E-state index in [1.807, 2.05) is 6.92 Å². The van der Waals surface area contributed by atoms with Crippen molar-refractivity contribution in [2.24, 2.45) is 5.84 Å². The molecule has 3 N–H and O–H groups in total. The van der Waals surface area contributed by atoms with Gasteiger partial charge < -0.3 is 14.9 Å². The summed E-state index contributed by atoms with van der Waals surface area (Å²) in [4.78, 5) is 8.47. The normalized spacial score (nSPS) is 19.3. The van der Waals surface area contributed by atoms with E-state index < -0.39 is 0 Å². The molecule has 2 rings (SSSR count). The first-order chi connectivity index (χ1) is 8.31. The van der Waals surface area contributed by atoms with Gasteiger partial charge in [-0.3, -0.25) is 0 Å². The van der Waals surface area contributed by atoms with Gasteiger partial charge in [0, 0.05) is 19.1 Å². The van der Waals surface area contributed by atoms with Crippen molar-refractivity contribution in [2.75, 3.05) is 18.6 Å². The van der Waals surface area contributed by atoms with Gasteiger partial charge in [-0.05, 0) is 12.8 Å². The summed E-state index contributed by atoms with van der Waals surface area (Å²) in [6, 6.07) is 1.69. The van der Waals surface area contributed by atoms with E-state index in [0.717, 1.165) is 25.9 Å². The van der Waals surface area contributed by atoms with Gasteiger partial charge in [-0.2, -0.15) is 4.98 Å². The molecule has 0 saturated carbocycles. The molecule has 1 aliphatic rings. The van der Waals surface area contributed by atoms with Crippen LogP contribution in [-0.2, 0) is 11.2 Å². The van der Waals surface area contributed by atoms with Gasteiger partial charge in [0.05, 0.1) is 6.10 Å². The molecule has 0 radical (unpaired) electrons. The van der Waals surface area contributed by atoms with Crippen molar-refractivity contribution in [3.63, 3.8) is 0 Å². The van der Waals surface area contributed by atoms with Crippen molar-refractivity contribution in [3.8, 4) is 5.88 Å². The van der Waals surface area contributed by atoms with E-state index in [1.165, 1.54) is 0 Å². The first-order valence-corrected chi connectivity index (χ1v) is 5.90. The lowest BCUT2D eigenvalue weighted by Crippen LogP contribution is -2.17. The Labute approximate surface area is 101 Å². The molecule has 0 amide bonds. The van der Waals surface area contributed by atoms with Crippen LogP contribution in [0.4, 0.5) is 5.82 Å². The van der Waals surface area contributed by atoms with E-state index in [1.54, 1.807) is 6.07 Å². The number of nitrogens with two attached hydrogens (primary N) is 1. The van der Waals surface area contributed by atoms with E-state index in [-0.39, 0.29) is 6.10 Å². The number of nitrogens with one attached hydrogen (secondary N) is 1. The van der Waals surface area contributed by atoms with Gasteiger partial charge in [0.1, 0.15) is 18.2 Å². The third-order valence-electron chi connectivity index (χ3n) is 2.65. The minimum absolute atomic E-state index is 0.185. The fourth-order valence-electron chi connectivity index (χ4n) is 1.73. The summed E-state index contributed by atoms with van der Waals surface area (Å²) in [6.45, 7) is 3.34. The Morgan fingerprint density at radius 3 is 3.12 bits per heavy atom. The molecule has 1 aromatic rings. The van der Waals surface area contributed by atoms with Crippen molar-refractivity contribution in [3.05, 3.63) is 11.9 Å². The van der Waals surface area contributed by atoms with E-state index in [2.05, 4.69) is 15.4 Å². The maximum Gasteiger partial charge on any atom is 0.218 e. The maximum atomic E-state index is 5.60. The van der Waals surface area contributed by atoms with Gasteiger partial charge in [-0.25, -0.2) is 10.8 Å². The zero-order valence-corrected chi connectivity index (χ0v) is 9.98. The third-order valence-corrected chi connectivity index (χ3v) is 2.65. The molecule has 0 aromatic carbocycles. The number of ether oxygens (including phenoxy) is 2. The van der Waals surface area contributed by atoms with Crippen LogP contribution in [0.1, 0.15) is 25.6 Å². The Morgan fingerprint density at radius 1 is 1.59 bits per heavy atom. The number of nitrogens with zero attached hydrogens (tertiary/aromatic N) is 2. The summed E-state index contributed by atoms with van der Waals surface area (Å²) in [7, 11) is 0. The number of rotatable bonds is 5. The van der Waals surface area contributed by atoms with Crippen LogP contribution in [0.2, 0.25) is 0 Å². The Hall–Kier alpha value is -1.40.